The van der Waals surface area contributed by atoms with Crippen molar-refractivity contribution >= 4 is 35.2 Å². The number of hydrogen-bond acceptors (Lipinski definition) is 2. The third-order valence-corrected chi connectivity index (χ3v) is 9.70. The van der Waals surface area contributed by atoms with Crippen LogP contribution in [0.5, 0.6) is 0 Å². The number of aryl methyl sites for hydroxylation is 1. The van der Waals surface area contributed by atoms with Crippen LogP contribution in [0, 0.1) is 18.3 Å². The third kappa shape index (κ3) is 4.26. The molecule has 2 aromatic heterocycles. The van der Waals surface area contributed by atoms with E-state index in [4.69, 9.17) is 5.79 Å². The maximum atomic E-state index is 10.1. The Hall–Kier alpha value is -4.46. The van der Waals surface area contributed by atoms with E-state index in [1.807, 2.05) is 35.9 Å². The van der Waals surface area contributed by atoms with Crippen LogP contribution >= 0.6 is 0 Å². The van der Waals surface area contributed by atoms with Gasteiger partial charge >= 0.3 is 0 Å². The molecule has 6 aromatic rings. The van der Waals surface area contributed by atoms with Crippen LogP contribution in [0.4, 0.5) is 0 Å². The number of rotatable bonds is 4. The number of hydrogen-bond donors (Lipinski definition) is 0. The van der Waals surface area contributed by atoms with Gasteiger partial charge in [0.25, 0.3) is 0 Å². The highest BCUT2D eigenvalue weighted by Gasteiger charge is 2.23. The molecule has 0 bridgehead atoms. The molecule has 0 aliphatic rings. The monoisotopic (exact) mass is 524 g/mol. The number of benzene rings is 4. The molecule has 6 rings (SSSR count). The smallest absolute Gasteiger partial charge is 0.216 e. The van der Waals surface area contributed by atoms with Crippen molar-refractivity contribution in [1.82, 2.24) is 0 Å². The van der Waals surface area contributed by atoms with E-state index in [0.717, 1.165) is 49.9 Å². The molecule has 190 valence electrons. The minimum absolute atomic E-state index is 0.424. The standard InChI is InChI=1S/C35H31N2OSi/c1-23-9-19-29-30-20-16-27(22-36)33(35(30)38-34(29)32(23)31-8-6-7-21-37(31)2)26-12-10-24(11-13-26)25-14-17-28(18-15-25)39(3,4)5/h6-21H,1-5H3/q+1/i21D. The molecule has 2 heterocycles. The largest absolute Gasteiger partial charge is 0.454 e. The Morgan fingerprint density at radius 2 is 1.33 bits per heavy atom. The van der Waals surface area contributed by atoms with Crippen LogP contribution in [-0.4, -0.2) is 8.07 Å². The van der Waals surface area contributed by atoms with Crippen molar-refractivity contribution in [1.29, 1.82) is 5.26 Å². The maximum absolute atomic E-state index is 10.1. The van der Waals surface area contributed by atoms with E-state index in [9.17, 15) is 5.26 Å². The molecule has 0 saturated heterocycles. The Morgan fingerprint density at radius 3 is 1.97 bits per heavy atom. The lowest BCUT2D eigenvalue weighted by Crippen LogP contribution is -2.37. The van der Waals surface area contributed by atoms with E-state index in [2.05, 4.69) is 93.3 Å². The Labute approximate surface area is 232 Å². The van der Waals surface area contributed by atoms with Crippen molar-refractivity contribution in [3.63, 3.8) is 0 Å². The summed E-state index contributed by atoms with van der Waals surface area (Å²) in [6.07, 6.45) is 0.424. The Balaban J connectivity index is 1.52. The van der Waals surface area contributed by atoms with Crippen molar-refractivity contribution in [3.8, 4) is 39.6 Å². The summed E-state index contributed by atoms with van der Waals surface area (Å²) in [6, 6.07) is 33.5. The van der Waals surface area contributed by atoms with Crippen LogP contribution in [0.3, 0.4) is 0 Å². The SMILES string of the molecule is [2H]c1cccc(-c2c(C)ccc3c2oc2c(-c4ccc(-c5ccc([Si](C)(C)C)cc5)cc4)c(C#N)ccc23)[n+]1C. The van der Waals surface area contributed by atoms with Crippen molar-refractivity contribution in [2.75, 3.05) is 0 Å². The van der Waals surface area contributed by atoms with Gasteiger partial charge in [-0.25, -0.2) is 4.57 Å². The summed E-state index contributed by atoms with van der Waals surface area (Å²) >= 11 is 0. The third-order valence-electron chi connectivity index (χ3n) is 7.63. The summed E-state index contributed by atoms with van der Waals surface area (Å²) in [7, 11) is 0.552. The van der Waals surface area contributed by atoms with E-state index in [1.54, 1.807) is 6.07 Å². The van der Waals surface area contributed by atoms with Crippen molar-refractivity contribution in [3.05, 3.63) is 108 Å². The molecule has 0 amide bonds. The Morgan fingerprint density at radius 1 is 0.744 bits per heavy atom. The van der Waals surface area contributed by atoms with Gasteiger partial charge in [-0.3, -0.25) is 0 Å². The maximum Gasteiger partial charge on any atom is 0.216 e. The molecule has 0 atom stereocenters. The molecule has 0 fully saturated rings. The molecule has 0 radical (unpaired) electrons. The highest BCUT2D eigenvalue weighted by Crippen LogP contribution is 2.42. The minimum Gasteiger partial charge on any atom is -0.454 e. The van der Waals surface area contributed by atoms with Gasteiger partial charge in [0.2, 0.25) is 5.69 Å². The highest BCUT2D eigenvalue weighted by molar-refractivity contribution is 6.88. The van der Waals surface area contributed by atoms with Gasteiger partial charge in [0.1, 0.15) is 19.6 Å². The molecule has 0 aliphatic carbocycles. The van der Waals surface area contributed by atoms with Gasteiger partial charge in [-0.2, -0.15) is 5.26 Å². The lowest BCUT2D eigenvalue weighted by molar-refractivity contribution is -0.660. The molecule has 0 spiro atoms. The van der Waals surface area contributed by atoms with Gasteiger partial charge in [0, 0.05) is 28.5 Å². The zero-order valence-corrected chi connectivity index (χ0v) is 24.0. The first-order valence-electron chi connectivity index (χ1n) is 13.7. The second-order valence-electron chi connectivity index (χ2n) is 11.2. The number of fused-ring (bicyclic) bond motifs is 3. The number of pyridine rings is 1. The van der Waals surface area contributed by atoms with Crippen LogP contribution in [0.1, 0.15) is 12.5 Å². The quantitative estimate of drug-likeness (QED) is 0.172. The fourth-order valence-corrected chi connectivity index (χ4v) is 6.59. The van der Waals surface area contributed by atoms with Crippen LogP contribution in [0.25, 0.3) is 55.4 Å². The summed E-state index contributed by atoms with van der Waals surface area (Å²) < 4.78 is 16.9. The predicted octanol–water partition coefficient (Wildman–Crippen LogP) is 8.14. The van der Waals surface area contributed by atoms with Gasteiger partial charge in [0.05, 0.1) is 25.3 Å². The normalized spacial score (nSPS) is 12.1. The summed E-state index contributed by atoms with van der Waals surface area (Å²) in [5, 5.41) is 13.5. The van der Waals surface area contributed by atoms with Crippen molar-refractivity contribution in [2.24, 2.45) is 7.05 Å². The Kier molecular flexibility index (Phi) is 5.68. The van der Waals surface area contributed by atoms with Crippen LogP contribution < -0.4 is 9.75 Å². The zero-order chi connectivity index (χ0) is 28.2. The number of aromatic nitrogens is 1. The minimum atomic E-state index is -1.35. The molecular weight excluding hydrogens is 492 g/mol. The zero-order valence-electron chi connectivity index (χ0n) is 24.0. The first kappa shape index (κ1) is 23.6. The summed E-state index contributed by atoms with van der Waals surface area (Å²) in [5.74, 6) is 0. The van der Waals surface area contributed by atoms with Gasteiger partial charge in [-0.1, -0.05) is 85.5 Å². The van der Waals surface area contributed by atoms with Crippen LogP contribution in [0.2, 0.25) is 19.6 Å². The van der Waals surface area contributed by atoms with E-state index in [1.165, 1.54) is 10.8 Å². The number of nitriles is 1. The molecule has 0 N–H and O–H groups in total. The molecule has 4 aromatic carbocycles. The van der Waals surface area contributed by atoms with Gasteiger partial charge < -0.3 is 4.42 Å². The summed E-state index contributed by atoms with van der Waals surface area (Å²) in [4.78, 5) is 0. The highest BCUT2D eigenvalue weighted by atomic mass is 28.3. The van der Waals surface area contributed by atoms with E-state index in [-0.39, 0.29) is 0 Å². The van der Waals surface area contributed by atoms with Gasteiger partial charge in [-0.05, 0) is 47.4 Å². The fraction of sp³-hybridized carbons (Fsp3) is 0.143. The van der Waals surface area contributed by atoms with Crippen molar-refractivity contribution in [2.45, 2.75) is 26.6 Å². The average Bonchev–Trinajstić information content (AvgIpc) is 3.32. The molecule has 4 heteroatoms. The molecule has 0 unspecified atom stereocenters. The molecule has 3 nitrogen and oxygen atoms in total. The van der Waals surface area contributed by atoms with Crippen LogP contribution in [0.15, 0.2) is 102 Å². The summed E-state index contributed by atoms with van der Waals surface area (Å²) in [6.45, 7) is 9.15. The topological polar surface area (TPSA) is 40.8 Å². The first-order chi connectivity index (χ1) is 19.2. The summed E-state index contributed by atoms with van der Waals surface area (Å²) in [5.41, 5.74) is 9.08. The molecule has 39 heavy (non-hydrogen) atoms. The number of furan rings is 1. The molecular formula is C35H31N2OSi+. The number of nitrogens with zero attached hydrogens (tertiary/aromatic N) is 2. The predicted molar refractivity (Wildman–Crippen MR) is 164 cm³/mol. The van der Waals surface area contributed by atoms with Gasteiger partial charge in [0.15, 0.2) is 6.17 Å². The molecule has 0 saturated carbocycles. The first-order valence-corrected chi connectivity index (χ1v) is 16.7. The lowest BCUT2D eigenvalue weighted by Gasteiger charge is -2.16. The lowest BCUT2D eigenvalue weighted by atomic mass is 9.95. The van der Waals surface area contributed by atoms with E-state index < -0.39 is 8.07 Å². The molecule has 0 aliphatic heterocycles. The average molecular weight is 525 g/mol. The second kappa shape index (κ2) is 9.38. The Bertz CT molecular complexity index is 1960. The van der Waals surface area contributed by atoms with E-state index in [0.29, 0.717) is 17.3 Å². The van der Waals surface area contributed by atoms with Crippen molar-refractivity contribution < 1.29 is 10.4 Å². The second-order valence-corrected chi connectivity index (χ2v) is 16.3. The fourth-order valence-electron chi connectivity index (χ4n) is 5.42. The van der Waals surface area contributed by atoms with Gasteiger partial charge in [-0.15, -0.1) is 0 Å². The van der Waals surface area contributed by atoms with Crippen LogP contribution in [-0.2, 0) is 7.05 Å². The van der Waals surface area contributed by atoms with E-state index >= 15 is 0 Å².